The van der Waals surface area contributed by atoms with Crippen LogP contribution in [0.5, 0.6) is 5.88 Å². The molecular formula is C24H26N2O7. The summed E-state index contributed by atoms with van der Waals surface area (Å²) in [6.45, 7) is 1.64. The molecule has 2 aliphatic rings. The molecule has 1 unspecified atom stereocenters. The highest BCUT2D eigenvalue weighted by atomic mass is 16.8. The normalized spacial score (nSPS) is 21.5. The zero-order valence-corrected chi connectivity index (χ0v) is 18.3. The van der Waals surface area contributed by atoms with Gasteiger partial charge in [-0.05, 0) is 37.1 Å². The highest BCUT2D eigenvalue weighted by Gasteiger charge is 2.45. The second-order valence-corrected chi connectivity index (χ2v) is 7.97. The summed E-state index contributed by atoms with van der Waals surface area (Å²) in [5.74, 6) is -2.26. The minimum absolute atomic E-state index is 0.0190. The number of H-pyrrole nitrogens is 1. The molecule has 9 heteroatoms. The number of aliphatic hydroxyl groups excluding tert-OH is 1. The number of nitrogens with one attached hydrogen (secondary N) is 1. The molecule has 2 heterocycles. The van der Waals surface area contributed by atoms with E-state index in [9.17, 15) is 19.5 Å². The summed E-state index contributed by atoms with van der Waals surface area (Å²) in [6.07, 6.45) is 6.68. The third kappa shape index (κ3) is 4.84. The summed E-state index contributed by atoms with van der Waals surface area (Å²) < 4.78 is 17.7. The Kier molecular flexibility index (Phi) is 6.62. The van der Waals surface area contributed by atoms with E-state index in [1.807, 2.05) is 6.07 Å². The fourth-order valence-electron chi connectivity index (χ4n) is 3.93. The van der Waals surface area contributed by atoms with Crippen molar-refractivity contribution in [2.24, 2.45) is 0 Å². The maximum absolute atomic E-state index is 13.0. The first-order chi connectivity index (χ1) is 15.9. The van der Waals surface area contributed by atoms with Crippen LogP contribution in [0.1, 0.15) is 51.0 Å². The van der Waals surface area contributed by atoms with Crippen LogP contribution in [0.15, 0.2) is 52.9 Å². The van der Waals surface area contributed by atoms with Crippen LogP contribution in [0.4, 0.5) is 0 Å². The molecule has 1 atom stereocenters. The fourth-order valence-corrected chi connectivity index (χ4v) is 3.93. The Labute approximate surface area is 190 Å². The van der Waals surface area contributed by atoms with Gasteiger partial charge in [0.15, 0.2) is 6.29 Å². The number of benzene rings is 1. The van der Waals surface area contributed by atoms with E-state index >= 15 is 0 Å². The number of ether oxygens (including phenoxy) is 3. The number of para-hydroxylation sites is 1. The largest absolute Gasteiger partial charge is 0.429 e. The molecule has 4 rings (SSSR count). The molecule has 0 radical (unpaired) electrons. The molecule has 2 aromatic rings. The molecule has 2 N–H and O–H groups in total. The van der Waals surface area contributed by atoms with Gasteiger partial charge < -0.3 is 19.3 Å². The smallest absolute Gasteiger partial charge is 0.341 e. The Bertz CT molecular complexity index is 1140. The molecule has 1 aromatic carbocycles. The number of aliphatic hydroxyl groups is 1. The maximum atomic E-state index is 13.0. The Morgan fingerprint density at radius 2 is 1.97 bits per heavy atom. The first-order valence-electron chi connectivity index (χ1n) is 11.0. The predicted octanol–water partition coefficient (Wildman–Crippen LogP) is 2.97. The van der Waals surface area contributed by atoms with E-state index in [1.165, 1.54) is 22.9 Å². The number of nitrogens with zero attached hydrogens (tertiary/aromatic N) is 1. The predicted molar refractivity (Wildman–Crippen MR) is 118 cm³/mol. The van der Waals surface area contributed by atoms with Crippen molar-refractivity contribution >= 4 is 18.0 Å². The lowest BCUT2D eigenvalue weighted by Crippen LogP contribution is -2.49. The molecule has 9 nitrogen and oxygen atoms in total. The summed E-state index contributed by atoms with van der Waals surface area (Å²) >= 11 is 0. The lowest BCUT2D eigenvalue weighted by atomic mass is 9.93. The van der Waals surface area contributed by atoms with E-state index in [0.717, 1.165) is 19.3 Å². The van der Waals surface area contributed by atoms with Crippen LogP contribution in [-0.4, -0.2) is 38.9 Å². The Balaban J connectivity index is 1.61. The van der Waals surface area contributed by atoms with E-state index in [1.54, 1.807) is 31.2 Å². The van der Waals surface area contributed by atoms with Crippen molar-refractivity contribution < 1.29 is 28.9 Å². The van der Waals surface area contributed by atoms with Crippen molar-refractivity contribution in [3.8, 4) is 11.6 Å². The van der Waals surface area contributed by atoms with E-state index in [0.29, 0.717) is 18.5 Å². The average molecular weight is 454 g/mol. The van der Waals surface area contributed by atoms with Gasteiger partial charge in [-0.15, -0.1) is 0 Å². The molecule has 2 fully saturated rings. The average Bonchev–Trinajstić information content (AvgIpc) is 3.11. The molecule has 1 aliphatic carbocycles. The molecular weight excluding hydrogens is 428 g/mol. The molecule has 33 heavy (non-hydrogen) atoms. The van der Waals surface area contributed by atoms with Crippen molar-refractivity contribution in [3.05, 3.63) is 64.0 Å². The van der Waals surface area contributed by atoms with Gasteiger partial charge in [0, 0.05) is 19.3 Å². The molecule has 1 saturated heterocycles. The minimum Gasteiger partial charge on any atom is -0.429 e. The number of aromatic nitrogens is 2. The van der Waals surface area contributed by atoms with Crippen molar-refractivity contribution in [2.75, 3.05) is 0 Å². The number of hydrogen-bond acceptors (Lipinski definition) is 7. The molecule has 1 aliphatic heterocycles. The van der Waals surface area contributed by atoms with Crippen LogP contribution in [0.3, 0.4) is 0 Å². The van der Waals surface area contributed by atoms with Gasteiger partial charge in [0.05, 0.1) is 11.3 Å². The monoisotopic (exact) mass is 454 g/mol. The number of carbonyl (C=O) groups is 2. The molecule has 174 valence electrons. The fraction of sp³-hybridized carbons (Fsp3) is 0.375. The van der Waals surface area contributed by atoms with E-state index in [4.69, 9.17) is 14.2 Å². The van der Waals surface area contributed by atoms with Crippen LogP contribution in [0, 0.1) is 0 Å². The Morgan fingerprint density at radius 3 is 2.64 bits per heavy atom. The van der Waals surface area contributed by atoms with Crippen molar-refractivity contribution in [2.45, 2.75) is 57.5 Å². The summed E-state index contributed by atoms with van der Waals surface area (Å²) in [4.78, 5) is 37.3. The van der Waals surface area contributed by atoms with Gasteiger partial charge in [-0.1, -0.05) is 37.6 Å². The Morgan fingerprint density at radius 1 is 1.24 bits per heavy atom. The number of rotatable bonds is 5. The summed E-state index contributed by atoms with van der Waals surface area (Å²) in [6, 6.07) is 8.82. The van der Waals surface area contributed by atoms with Crippen molar-refractivity contribution in [1.82, 2.24) is 9.78 Å². The van der Waals surface area contributed by atoms with Gasteiger partial charge in [0.2, 0.25) is 11.7 Å². The van der Waals surface area contributed by atoms with E-state index in [2.05, 4.69) is 5.10 Å². The zero-order chi connectivity index (χ0) is 23.4. The molecule has 1 spiro atoms. The SMILES string of the molecule is CCC(=O)Oc1[nH]n(-c2ccccc2)c(=O)c1C=CC=C1C(=O)OC2(CCCCC2)OC1O. The van der Waals surface area contributed by atoms with Gasteiger partial charge in [0.25, 0.3) is 5.56 Å². The lowest BCUT2D eigenvalue weighted by molar-refractivity contribution is -0.305. The van der Waals surface area contributed by atoms with Gasteiger partial charge in [0.1, 0.15) is 5.56 Å². The highest BCUT2D eigenvalue weighted by Crippen LogP contribution is 2.38. The number of carbonyl (C=O) groups excluding carboxylic acids is 2. The summed E-state index contributed by atoms with van der Waals surface area (Å²) in [7, 11) is 0. The summed E-state index contributed by atoms with van der Waals surface area (Å²) in [5.41, 5.74) is 0.125. The maximum Gasteiger partial charge on any atom is 0.341 e. The molecule has 0 bridgehead atoms. The zero-order valence-electron chi connectivity index (χ0n) is 18.3. The van der Waals surface area contributed by atoms with Gasteiger partial charge in [-0.3, -0.25) is 14.7 Å². The van der Waals surface area contributed by atoms with Gasteiger partial charge in [-0.2, -0.15) is 0 Å². The summed E-state index contributed by atoms with van der Waals surface area (Å²) in [5, 5.41) is 13.2. The van der Waals surface area contributed by atoms with E-state index in [-0.39, 0.29) is 23.4 Å². The lowest BCUT2D eigenvalue weighted by Gasteiger charge is -2.41. The first kappa shape index (κ1) is 22.8. The standard InChI is InChI=1S/C24H26N2O7/c1-2-19(27)31-20-17(21(28)26(25-20)16-10-5-3-6-11-16)12-9-13-18-22(29)32-24(33-23(18)30)14-7-4-8-15-24/h3,5-6,9-13,22,25,29H,2,4,7-8,14-15H2,1H3. The first-order valence-corrected chi connectivity index (χ1v) is 11.0. The van der Waals surface area contributed by atoms with Crippen molar-refractivity contribution in [1.29, 1.82) is 0 Å². The number of hydrogen-bond donors (Lipinski definition) is 2. The number of allylic oxidation sites excluding steroid dienone is 2. The number of aromatic amines is 1. The third-order valence-electron chi connectivity index (χ3n) is 5.67. The second kappa shape index (κ2) is 9.60. The van der Waals surface area contributed by atoms with Crippen LogP contribution in [-0.2, 0) is 19.1 Å². The van der Waals surface area contributed by atoms with Crippen LogP contribution in [0.25, 0.3) is 11.8 Å². The van der Waals surface area contributed by atoms with E-state index < -0.39 is 29.6 Å². The third-order valence-corrected chi connectivity index (χ3v) is 5.67. The highest BCUT2D eigenvalue weighted by molar-refractivity contribution is 5.90. The quantitative estimate of drug-likeness (QED) is 0.526. The molecule has 1 aromatic heterocycles. The number of esters is 2. The van der Waals surface area contributed by atoms with Crippen LogP contribution >= 0.6 is 0 Å². The molecule has 0 amide bonds. The second-order valence-electron chi connectivity index (χ2n) is 7.97. The molecule has 1 saturated carbocycles. The van der Waals surface area contributed by atoms with Crippen LogP contribution < -0.4 is 10.3 Å². The Hall–Kier alpha value is -3.43. The van der Waals surface area contributed by atoms with Gasteiger partial charge >= 0.3 is 11.9 Å². The van der Waals surface area contributed by atoms with Gasteiger partial charge in [-0.25, -0.2) is 9.48 Å². The van der Waals surface area contributed by atoms with Crippen molar-refractivity contribution in [3.63, 3.8) is 0 Å². The van der Waals surface area contributed by atoms with Crippen LogP contribution in [0.2, 0.25) is 0 Å². The minimum atomic E-state index is -1.43. The topological polar surface area (TPSA) is 120 Å².